The average Bonchev–Trinajstić information content (AvgIpc) is 3.55. The van der Waals surface area contributed by atoms with Crippen molar-refractivity contribution in [2.45, 2.75) is 26.4 Å². The van der Waals surface area contributed by atoms with Gasteiger partial charge >= 0.3 is 0 Å². The summed E-state index contributed by atoms with van der Waals surface area (Å²) in [4.78, 5) is 21.6. The summed E-state index contributed by atoms with van der Waals surface area (Å²) >= 11 is 0. The molecule has 1 aromatic carbocycles. The van der Waals surface area contributed by atoms with Crippen LogP contribution in [0.25, 0.3) is 11.2 Å². The Balaban J connectivity index is 1.14. The maximum atomic E-state index is 5.55. The van der Waals surface area contributed by atoms with E-state index in [0.29, 0.717) is 6.79 Å². The first-order chi connectivity index (χ1) is 18.2. The number of nitrogens with zero attached hydrogens (tertiary/aromatic N) is 7. The summed E-state index contributed by atoms with van der Waals surface area (Å²) in [6, 6.07) is 6.47. The minimum absolute atomic E-state index is 0.239. The number of imidazole rings is 1. The van der Waals surface area contributed by atoms with Crippen molar-refractivity contribution in [2.24, 2.45) is 0 Å². The maximum absolute atomic E-state index is 5.55. The zero-order valence-corrected chi connectivity index (χ0v) is 21.7. The van der Waals surface area contributed by atoms with Crippen LogP contribution in [0.5, 0.6) is 11.5 Å². The average molecular weight is 509 g/mol. The summed E-state index contributed by atoms with van der Waals surface area (Å²) in [5.74, 6) is 3.46. The van der Waals surface area contributed by atoms with Crippen LogP contribution in [0.15, 0.2) is 24.5 Å². The molecule has 0 aliphatic carbocycles. The first-order valence-electron chi connectivity index (χ1n) is 13.3. The number of anilines is 2. The van der Waals surface area contributed by atoms with Gasteiger partial charge < -0.3 is 24.4 Å². The molecule has 2 aromatic heterocycles. The monoisotopic (exact) mass is 508 g/mol. The lowest BCUT2D eigenvalue weighted by Gasteiger charge is -2.35. The van der Waals surface area contributed by atoms with E-state index in [9.17, 15) is 0 Å². The van der Waals surface area contributed by atoms with E-state index in [1.807, 2.05) is 6.07 Å². The summed E-state index contributed by atoms with van der Waals surface area (Å²) in [7, 11) is 0. The Bertz CT molecular complexity index is 1220. The number of hydrogen-bond acceptors (Lipinski definition) is 10. The van der Waals surface area contributed by atoms with Gasteiger partial charge in [-0.25, -0.2) is 15.0 Å². The van der Waals surface area contributed by atoms with E-state index in [-0.39, 0.29) is 6.04 Å². The summed E-state index contributed by atoms with van der Waals surface area (Å²) < 4.78 is 18.7. The highest BCUT2D eigenvalue weighted by atomic mass is 16.7. The third-order valence-electron chi connectivity index (χ3n) is 7.30. The van der Waals surface area contributed by atoms with E-state index in [0.717, 1.165) is 107 Å². The van der Waals surface area contributed by atoms with Gasteiger partial charge in [-0.15, -0.1) is 0 Å². The maximum Gasteiger partial charge on any atom is 0.231 e. The van der Waals surface area contributed by atoms with Gasteiger partial charge in [-0.2, -0.15) is 0 Å². The van der Waals surface area contributed by atoms with Crippen LogP contribution in [0, 0.1) is 0 Å². The number of benzene rings is 1. The molecule has 11 nitrogen and oxygen atoms in total. The Morgan fingerprint density at radius 2 is 1.76 bits per heavy atom. The van der Waals surface area contributed by atoms with Crippen molar-refractivity contribution in [3.05, 3.63) is 30.1 Å². The second-order valence-corrected chi connectivity index (χ2v) is 10.1. The molecule has 11 heteroatoms. The van der Waals surface area contributed by atoms with Crippen LogP contribution in [-0.2, 0) is 11.3 Å². The molecule has 0 unspecified atom stereocenters. The van der Waals surface area contributed by atoms with Crippen molar-refractivity contribution in [3.8, 4) is 11.5 Å². The molecule has 6 rings (SSSR count). The molecule has 0 radical (unpaired) electrons. The fourth-order valence-electron chi connectivity index (χ4n) is 5.29. The van der Waals surface area contributed by atoms with Crippen LogP contribution in [0.2, 0.25) is 0 Å². The van der Waals surface area contributed by atoms with Crippen molar-refractivity contribution in [1.29, 1.82) is 0 Å². The van der Waals surface area contributed by atoms with E-state index in [2.05, 4.69) is 60.5 Å². The Morgan fingerprint density at radius 3 is 2.57 bits per heavy atom. The first-order valence-corrected chi connectivity index (χ1v) is 13.3. The predicted octanol–water partition coefficient (Wildman–Crippen LogP) is 2.20. The lowest BCUT2D eigenvalue weighted by molar-refractivity contribution is 0.0398. The van der Waals surface area contributed by atoms with Crippen LogP contribution in [0.1, 0.15) is 25.5 Å². The van der Waals surface area contributed by atoms with E-state index in [4.69, 9.17) is 19.2 Å². The standard InChI is InChI=1S/C26H36N8O3/c1-19(2)34-25-23(24(28-17-29-25)27-5-6-31-11-13-35-14-12-31)30-26(34)33-9-7-32(8-10-33)16-20-3-4-21-22(15-20)37-18-36-21/h3-4,15,17,19H,5-14,16,18H2,1-2H3,(H,27,28,29). The lowest BCUT2D eigenvalue weighted by atomic mass is 10.1. The molecule has 198 valence electrons. The van der Waals surface area contributed by atoms with E-state index < -0.39 is 0 Å². The Kier molecular flexibility index (Phi) is 6.99. The highest BCUT2D eigenvalue weighted by Crippen LogP contribution is 2.33. The fraction of sp³-hybridized carbons (Fsp3) is 0.577. The van der Waals surface area contributed by atoms with Crippen LogP contribution in [0.3, 0.4) is 0 Å². The Morgan fingerprint density at radius 1 is 0.946 bits per heavy atom. The SMILES string of the molecule is CC(C)n1c(N2CCN(Cc3ccc4c(c3)OCO4)CC2)nc2c(NCCN3CCOCC3)ncnc21. The zero-order chi connectivity index (χ0) is 25.2. The third kappa shape index (κ3) is 5.16. The van der Waals surface area contributed by atoms with Gasteiger partial charge in [-0.1, -0.05) is 6.07 Å². The second-order valence-electron chi connectivity index (χ2n) is 10.1. The molecule has 0 amide bonds. The topological polar surface area (TPSA) is 93.0 Å². The van der Waals surface area contributed by atoms with Gasteiger partial charge in [0.05, 0.1) is 13.2 Å². The number of nitrogens with one attached hydrogen (secondary N) is 1. The number of ether oxygens (including phenoxy) is 3. The van der Waals surface area contributed by atoms with Gasteiger partial charge in [0, 0.05) is 64.9 Å². The molecule has 3 aliphatic rings. The Labute approximate surface area is 217 Å². The summed E-state index contributed by atoms with van der Waals surface area (Å²) in [6.45, 7) is 14.7. The number of hydrogen-bond donors (Lipinski definition) is 1. The number of morpholine rings is 1. The highest BCUT2D eigenvalue weighted by Gasteiger charge is 2.26. The zero-order valence-electron chi connectivity index (χ0n) is 21.7. The summed E-state index contributed by atoms with van der Waals surface area (Å²) in [5.41, 5.74) is 2.97. The van der Waals surface area contributed by atoms with Gasteiger partial charge in [-0.3, -0.25) is 14.4 Å². The molecular weight excluding hydrogens is 472 g/mol. The van der Waals surface area contributed by atoms with Gasteiger partial charge in [0.1, 0.15) is 6.33 Å². The van der Waals surface area contributed by atoms with Gasteiger partial charge in [0.2, 0.25) is 12.7 Å². The van der Waals surface area contributed by atoms with Crippen molar-refractivity contribution in [3.63, 3.8) is 0 Å². The van der Waals surface area contributed by atoms with E-state index in [1.165, 1.54) is 5.56 Å². The minimum Gasteiger partial charge on any atom is -0.454 e. The highest BCUT2D eigenvalue weighted by molar-refractivity contribution is 5.85. The number of piperazine rings is 1. The van der Waals surface area contributed by atoms with Crippen molar-refractivity contribution in [2.75, 3.05) is 82.6 Å². The van der Waals surface area contributed by atoms with Gasteiger partial charge in [0.15, 0.2) is 28.5 Å². The van der Waals surface area contributed by atoms with Crippen LogP contribution >= 0.6 is 0 Å². The smallest absolute Gasteiger partial charge is 0.231 e. The van der Waals surface area contributed by atoms with Crippen LogP contribution < -0.4 is 19.7 Å². The normalized spacial score (nSPS) is 18.7. The van der Waals surface area contributed by atoms with Crippen LogP contribution in [-0.4, -0.2) is 102 Å². The molecule has 0 saturated carbocycles. The molecule has 1 N–H and O–H groups in total. The lowest BCUT2D eigenvalue weighted by Crippen LogP contribution is -2.47. The summed E-state index contributed by atoms with van der Waals surface area (Å²) in [6.07, 6.45) is 1.65. The molecule has 37 heavy (non-hydrogen) atoms. The second kappa shape index (κ2) is 10.7. The molecule has 3 aliphatic heterocycles. The van der Waals surface area contributed by atoms with Crippen molar-refractivity contribution in [1.82, 2.24) is 29.3 Å². The minimum atomic E-state index is 0.239. The van der Waals surface area contributed by atoms with Gasteiger partial charge in [-0.05, 0) is 31.5 Å². The molecule has 0 spiro atoms. The first kappa shape index (κ1) is 24.2. The Hall–Kier alpha value is -3.15. The number of aromatic nitrogens is 4. The fourth-order valence-corrected chi connectivity index (χ4v) is 5.29. The largest absolute Gasteiger partial charge is 0.454 e. The van der Waals surface area contributed by atoms with Gasteiger partial charge in [0.25, 0.3) is 0 Å². The molecule has 0 bridgehead atoms. The van der Waals surface area contributed by atoms with Crippen molar-refractivity contribution >= 4 is 22.9 Å². The number of fused-ring (bicyclic) bond motifs is 2. The predicted molar refractivity (Wildman–Crippen MR) is 142 cm³/mol. The quantitative estimate of drug-likeness (QED) is 0.488. The third-order valence-corrected chi connectivity index (χ3v) is 7.30. The molecule has 0 atom stereocenters. The molecule has 2 fully saturated rings. The molecular formula is C26H36N8O3. The van der Waals surface area contributed by atoms with Crippen molar-refractivity contribution < 1.29 is 14.2 Å². The summed E-state index contributed by atoms with van der Waals surface area (Å²) in [5, 5.41) is 3.51. The molecule has 5 heterocycles. The van der Waals surface area contributed by atoms with Crippen LogP contribution in [0.4, 0.5) is 11.8 Å². The van der Waals surface area contributed by atoms with E-state index in [1.54, 1.807) is 6.33 Å². The molecule has 3 aromatic rings. The number of rotatable bonds is 8. The van der Waals surface area contributed by atoms with E-state index >= 15 is 0 Å². The molecule has 2 saturated heterocycles.